The van der Waals surface area contributed by atoms with Crippen LogP contribution in [0, 0.1) is 5.82 Å². The van der Waals surface area contributed by atoms with Gasteiger partial charge in [0.15, 0.2) is 5.96 Å². The molecule has 1 aromatic carbocycles. The summed E-state index contributed by atoms with van der Waals surface area (Å²) in [4.78, 5) is 3.99. The number of guanidine groups is 1. The van der Waals surface area contributed by atoms with Crippen molar-refractivity contribution >= 4 is 5.96 Å². The predicted molar refractivity (Wildman–Crippen MR) is 87.7 cm³/mol. The van der Waals surface area contributed by atoms with Crippen LogP contribution in [0.1, 0.15) is 24.0 Å². The largest absolute Gasteiger partial charge is 0.416 e. The Morgan fingerprint density at radius 3 is 2.72 bits per heavy atom. The minimum absolute atomic E-state index is 0.0380. The number of halogens is 4. The fraction of sp³-hybridized carbons (Fsp3) is 0.471. The topological polar surface area (TPSA) is 45.7 Å². The number of nitrogens with one attached hydrogen (secondary N) is 2. The average molecular weight is 359 g/mol. The summed E-state index contributed by atoms with van der Waals surface area (Å²) in [5, 5.41) is 5.89. The lowest BCUT2D eigenvalue weighted by molar-refractivity contribution is -0.138. The second-order valence-electron chi connectivity index (χ2n) is 5.59. The molecule has 0 fully saturated rings. The molecule has 1 aromatic rings. The molecular weight excluding hydrogens is 338 g/mol. The van der Waals surface area contributed by atoms with Crippen LogP contribution >= 0.6 is 0 Å². The minimum Gasteiger partial charge on any atom is -0.377 e. The summed E-state index contributed by atoms with van der Waals surface area (Å²) in [7, 11) is 1.54. The molecule has 0 saturated carbocycles. The highest BCUT2D eigenvalue weighted by Gasteiger charge is 2.33. The fourth-order valence-electron chi connectivity index (χ4n) is 2.50. The smallest absolute Gasteiger partial charge is 0.377 e. The van der Waals surface area contributed by atoms with Crippen LogP contribution in [0.25, 0.3) is 0 Å². The summed E-state index contributed by atoms with van der Waals surface area (Å²) in [6.45, 7) is 1.84. The molecule has 1 heterocycles. The molecule has 0 radical (unpaired) electrons. The van der Waals surface area contributed by atoms with E-state index in [4.69, 9.17) is 4.74 Å². The highest BCUT2D eigenvalue weighted by Crippen LogP contribution is 2.32. The van der Waals surface area contributed by atoms with Crippen LogP contribution in [-0.2, 0) is 17.5 Å². The summed E-state index contributed by atoms with van der Waals surface area (Å²) < 4.78 is 57.3. The van der Waals surface area contributed by atoms with Crippen molar-refractivity contribution in [3.63, 3.8) is 0 Å². The van der Waals surface area contributed by atoms with E-state index >= 15 is 0 Å². The van der Waals surface area contributed by atoms with Gasteiger partial charge in [0, 0.05) is 20.1 Å². The van der Waals surface area contributed by atoms with Crippen LogP contribution in [-0.4, -0.2) is 32.8 Å². The van der Waals surface area contributed by atoms with E-state index in [0.717, 1.165) is 25.0 Å². The van der Waals surface area contributed by atoms with Crippen LogP contribution in [0.5, 0.6) is 0 Å². The Kier molecular flexibility index (Phi) is 6.81. The van der Waals surface area contributed by atoms with Crippen molar-refractivity contribution in [3.8, 4) is 0 Å². The molecule has 0 saturated heterocycles. The predicted octanol–water partition coefficient (Wildman–Crippen LogP) is 3.25. The first kappa shape index (κ1) is 19.2. The van der Waals surface area contributed by atoms with Gasteiger partial charge in [0.1, 0.15) is 5.82 Å². The third kappa shape index (κ3) is 6.04. The Balaban J connectivity index is 1.89. The number of nitrogens with zero attached hydrogens (tertiary/aromatic N) is 1. The maximum Gasteiger partial charge on any atom is 0.416 e. The number of hydrogen-bond donors (Lipinski definition) is 2. The van der Waals surface area contributed by atoms with Gasteiger partial charge in [0.2, 0.25) is 0 Å². The summed E-state index contributed by atoms with van der Waals surface area (Å²) in [5.74, 6) is -0.520. The Labute approximate surface area is 144 Å². The van der Waals surface area contributed by atoms with E-state index in [9.17, 15) is 17.6 Å². The van der Waals surface area contributed by atoms with Gasteiger partial charge in [-0.05, 0) is 30.5 Å². The van der Waals surface area contributed by atoms with Crippen LogP contribution < -0.4 is 10.6 Å². The minimum atomic E-state index is -4.61. The normalized spacial score (nSPS) is 15.7. The van der Waals surface area contributed by atoms with Crippen LogP contribution in [0.2, 0.25) is 0 Å². The molecule has 138 valence electrons. The number of benzene rings is 1. The van der Waals surface area contributed by atoms with Crippen molar-refractivity contribution in [2.75, 3.05) is 26.8 Å². The van der Waals surface area contributed by atoms with E-state index in [0.29, 0.717) is 31.8 Å². The molecule has 0 bridgehead atoms. The summed E-state index contributed by atoms with van der Waals surface area (Å²) >= 11 is 0. The fourth-order valence-corrected chi connectivity index (χ4v) is 2.50. The zero-order chi connectivity index (χ0) is 18.3. The lowest BCUT2D eigenvalue weighted by Crippen LogP contribution is -2.37. The first-order chi connectivity index (χ1) is 11.9. The molecule has 8 heteroatoms. The first-order valence-electron chi connectivity index (χ1n) is 7.96. The van der Waals surface area contributed by atoms with Crippen LogP contribution in [0.15, 0.2) is 34.8 Å². The SMILES string of the molecule is CN=C(NCCC1=CCOCC1)NCc1ccc(F)cc1C(F)(F)F. The molecule has 0 aliphatic carbocycles. The van der Waals surface area contributed by atoms with Gasteiger partial charge < -0.3 is 15.4 Å². The number of aliphatic imine (C=N–C) groups is 1. The molecule has 0 amide bonds. The van der Waals surface area contributed by atoms with E-state index in [1.807, 2.05) is 6.08 Å². The van der Waals surface area contributed by atoms with Crippen LogP contribution in [0.3, 0.4) is 0 Å². The van der Waals surface area contributed by atoms with E-state index in [1.54, 1.807) is 7.05 Å². The quantitative estimate of drug-likeness (QED) is 0.367. The van der Waals surface area contributed by atoms with Crippen molar-refractivity contribution in [2.45, 2.75) is 25.6 Å². The van der Waals surface area contributed by atoms with Crippen molar-refractivity contribution in [1.82, 2.24) is 10.6 Å². The van der Waals surface area contributed by atoms with Gasteiger partial charge in [0.25, 0.3) is 0 Å². The van der Waals surface area contributed by atoms with Gasteiger partial charge >= 0.3 is 6.18 Å². The molecular formula is C17H21F4N3O. The lowest BCUT2D eigenvalue weighted by Gasteiger charge is -2.17. The van der Waals surface area contributed by atoms with Crippen molar-refractivity contribution in [2.24, 2.45) is 4.99 Å². The lowest BCUT2D eigenvalue weighted by atomic mass is 10.1. The number of rotatable bonds is 5. The standard InChI is InChI=1S/C17H21F4N3O/c1-22-16(23-7-4-12-5-8-25-9-6-12)24-11-13-2-3-14(18)10-15(13)17(19,20)21/h2-3,5,10H,4,6-9,11H2,1H3,(H2,22,23,24). The summed E-state index contributed by atoms with van der Waals surface area (Å²) in [6.07, 6.45) is -0.867. The second kappa shape index (κ2) is 8.84. The van der Waals surface area contributed by atoms with Crippen molar-refractivity contribution < 1.29 is 22.3 Å². The number of hydrogen-bond acceptors (Lipinski definition) is 2. The number of ether oxygens (including phenoxy) is 1. The summed E-state index contributed by atoms with van der Waals surface area (Å²) in [6, 6.07) is 2.65. The molecule has 2 N–H and O–H groups in total. The molecule has 0 aromatic heterocycles. The molecule has 1 aliphatic heterocycles. The van der Waals surface area contributed by atoms with Gasteiger partial charge in [-0.2, -0.15) is 13.2 Å². The van der Waals surface area contributed by atoms with Gasteiger partial charge in [-0.3, -0.25) is 4.99 Å². The molecule has 0 atom stereocenters. The van der Waals surface area contributed by atoms with Crippen LogP contribution in [0.4, 0.5) is 17.6 Å². The maximum absolute atomic E-state index is 13.1. The molecule has 1 aliphatic rings. The average Bonchev–Trinajstić information content (AvgIpc) is 2.59. The number of alkyl halides is 3. The Morgan fingerprint density at radius 2 is 2.08 bits per heavy atom. The molecule has 2 rings (SSSR count). The Hall–Kier alpha value is -2.09. The molecule has 25 heavy (non-hydrogen) atoms. The molecule has 0 spiro atoms. The second-order valence-corrected chi connectivity index (χ2v) is 5.59. The monoisotopic (exact) mass is 359 g/mol. The van der Waals surface area contributed by atoms with Gasteiger partial charge in [-0.15, -0.1) is 0 Å². The third-order valence-corrected chi connectivity index (χ3v) is 3.84. The third-order valence-electron chi connectivity index (χ3n) is 3.84. The molecule has 0 unspecified atom stereocenters. The van der Waals surface area contributed by atoms with Crippen molar-refractivity contribution in [3.05, 3.63) is 46.8 Å². The molecule has 4 nitrogen and oxygen atoms in total. The van der Waals surface area contributed by atoms with Gasteiger partial charge in [-0.1, -0.05) is 17.7 Å². The maximum atomic E-state index is 13.1. The Bertz CT molecular complexity index is 641. The van der Waals surface area contributed by atoms with Crippen molar-refractivity contribution in [1.29, 1.82) is 0 Å². The zero-order valence-electron chi connectivity index (χ0n) is 13.9. The van der Waals surface area contributed by atoms with E-state index < -0.39 is 17.6 Å². The summed E-state index contributed by atoms with van der Waals surface area (Å²) in [5.41, 5.74) is 0.263. The highest BCUT2D eigenvalue weighted by atomic mass is 19.4. The van der Waals surface area contributed by atoms with E-state index in [1.165, 1.54) is 5.57 Å². The first-order valence-corrected chi connectivity index (χ1v) is 7.96. The van der Waals surface area contributed by atoms with Gasteiger partial charge in [0.05, 0.1) is 18.8 Å². The highest BCUT2D eigenvalue weighted by molar-refractivity contribution is 5.79. The van der Waals surface area contributed by atoms with Gasteiger partial charge in [-0.25, -0.2) is 4.39 Å². The zero-order valence-corrected chi connectivity index (χ0v) is 13.9. The van der Waals surface area contributed by atoms with E-state index in [-0.39, 0.29) is 12.1 Å². The Morgan fingerprint density at radius 1 is 1.28 bits per heavy atom. The van der Waals surface area contributed by atoms with E-state index in [2.05, 4.69) is 15.6 Å².